The summed E-state index contributed by atoms with van der Waals surface area (Å²) in [6.07, 6.45) is 5.14. The van der Waals surface area contributed by atoms with E-state index in [1.807, 2.05) is 30.3 Å². The molecule has 0 saturated carbocycles. The summed E-state index contributed by atoms with van der Waals surface area (Å²) in [4.78, 5) is 25.4. The van der Waals surface area contributed by atoms with Gasteiger partial charge in [0.1, 0.15) is 5.69 Å². The van der Waals surface area contributed by atoms with Gasteiger partial charge in [-0.25, -0.2) is 0 Å². The van der Waals surface area contributed by atoms with Crippen LogP contribution in [0.3, 0.4) is 0 Å². The van der Waals surface area contributed by atoms with Gasteiger partial charge in [0.25, 0.3) is 5.91 Å². The number of rotatable bonds is 5. The van der Waals surface area contributed by atoms with Gasteiger partial charge >= 0.3 is 0 Å². The van der Waals surface area contributed by atoms with Gasteiger partial charge in [0.05, 0.1) is 0 Å². The van der Waals surface area contributed by atoms with Crippen LogP contribution in [-0.2, 0) is 6.54 Å². The molecule has 1 aliphatic rings. The van der Waals surface area contributed by atoms with Crippen LogP contribution in [0.4, 0.5) is 11.4 Å². The number of carbonyl (C=O) groups is 1. The molecule has 1 fully saturated rings. The lowest BCUT2D eigenvalue weighted by molar-refractivity contribution is 0.0946. The topological polar surface area (TPSA) is 61.4 Å². The second kappa shape index (κ2) is 8.52. The molecule has 1 N–H and O–H groups in total. The molecule has 0 radical (unpaired) electrons. The average Bonchev–Trinajstić information content (AvgIpc) is 2.79. The zero-order chi connectivity index (χ0) is 19.2. The Balaban J connectivity index is 1.37. The normalized spacial score (nSPS) is 14.0. The Bertz CT molecular complexity index is 908. The van der Waals surface area contributed by atoms with Crippen molar-refractivity contribution in [2.75, 3.05) is 36.0 Å². The minimum atomic E-state index is -0.165. The van der Waals surface area contributed by atoms with Crippen molar-refractivity contribution in [2.24, 2.45) is 0 Å². The summed E-state index contributed by atoms with van der Waals surface area (Å²) < 4.78 is 0. The molecular weight excluding hydrogens is 350 g/mol. The number of para-hydroxylation sites is 1. The molecule has 4 rings (SSSR count). The smallest absolute Gasteiger partial charge is 0.270 e. The van der Waals surface area contributed by atoms with Gasteiger partial charge in [-0.2, -0.15) is 0 Å². The maximum atomic E-state index is 12.5. The van der Waals surface area contributed by atoms with Crippen LogP contribution in [-0.4, -0.2) is 42.1 Å². The van der Waals surface area contributed by atoms with Gasteiger partial charge in [-0.05, 0) is 42.0 Å². The Morgan fingerprint density at radius 3 is 2.25 bits per heavy atom. The molecular formula is C22H23N5O. The Hall–Kier alpha value is -3.41. The van der Waals surface area contributed by atoms with Crippen molar-refractivity contribution in [3.05, 3.63) is 84.4 Å². The molecule has 1 aromatic carbocycles. The summed E-state index contributed by atoms with van der Waals surface area (Å²) >= 11 is 0. The first-order valence-electron chi connectivity index (χ1n) is 9.48. The van der Waals surface area contributed by atoms with Gasteiger partial charge in [0, 0.05) is 62.7 Å². The summed E-state index contributed by atoms with van der Waals surface area (Å²) in [6, 6.07) is 18.1. The van der Waals surface area contributed by atoms with Crippen LogP contribution in [0.25, 0.3) is 0 Å². The van der Waals surface area contributed by atoms with E-state index in [1.54, 1.807) is 18.6 Å². The van der Waals surface area contributed by atoms with Gasteiger partial charge in [-0.1, -0.05) is 18.2 Å². The molecule has 1 saturated heterocycles. The SMILES string of the molecule is O=C(NCc1ccncc1)c1cc(N2CCN(c3ccccc3)CC2)ccn1. The van der Waals surface area contributed by atoms with Crippen LogP contribution >= 0.6 is 0 Å². The molecule has 0 atom stereocenters. The summed E-state index contributed by atoms with van der Waals surface area (Å²) in [5.74, 6) is -0.165. The fourth-order valence-electron chi connectivity index (χ4n) is 3.38. The van der Waals surface area contributed by atoms with Crippen LogP contribution in [0.15, 0.2) is 73.2 Å². The molecule has 3 heterocycles. The van der Waals surface area contributed by atoms with Gasteiger partial charge in [-0.3, -0.25) is 14.8 Å². The van der Waals surface area contributed by atoms with Crippen molar-refractivity contribution in [3.63, 3.8) is 0 Å². The van der Waals surface area contributed by atoms with E-state index in [-0.39, 0.29) is 5.91 Å². The fraction of sp³-hybridized carbons (Fsp3) is 0.227. The quantitative estimate of drug-likeness (QED) is 0.745. The maximum Gasteiger partial charge on any atom is 0.270 e. The molecule has 6 nitrogen and oxygen atoms in total. The number of carbonyl (C=O) groups excluding carboxylic acids is 1. The third-order valence-corrected chi connectivity index (χ3v) is 4.94. The molecule has 2 aromatic heterocycles. The molecule has 0 bridgehead atoms. The van der Waals surface area contributed by atoms with E-state index >= 15 is 0 Å². The Morgan fingerprint density at radius 2 is 1.54 bits per heavy atom. The standard InChI is InChI=1S/C22H23N5O/c28-22(25-17-18-6-9-23-10-7-18)21-16-20(8-11-24-21)27-14-12-26(13-15-27)19-4-2-1-3-5-19/h1-11,16H,12-15,17H2,(H,25,28). The summed E-state index contributed by atoms with van der Waals surface area (Å²) in [7, 11) is 0. The Kier molecular flexibility index (Phi) is 5.47. The van der Waals surface area contributed by atoms with E-state index in [9.17, 15) is 4.79 Å². The number of benzene rings is 1. The molecule has 1 aliphatic heterocycles. The van der Waals surface area contributed by atoms with Crippen molar-refractivity contribution < 1.29 is 4.79 Å². The van der Waals surface area contributed by atoms with Crippen molar-refractivity contribution in [1.29, 1.82) is 0 Å². The molecule has 6 heteroatoms. The van der Waals surface area contributed by atoms with Gasteiger partial charge in [-0.15, -0.1) is 0 Å². The highest BCUT2D eigenvalue weighted by atomic mass is 16.1. The van der Waals surface area contributed by atoms with Crippen LogP contribution in [0.1, 0.15) is 16.1 Å². The van der Waals surface area contributed by atoms with Crippen molar-refractivity contribution in [3.8, 4) is 0 Å². The number of pyridine rings is 2. The van der Waals surface area contributed by atoms with Crippen molar-refractivity contribution in [1.82, 2.24) is 15.3 Å². The predicted octanol–water partition coefficient (Wildman–Crippen LogP) is 2.73. The summed E-state index contributed by atoms with van der Waals surface area (Å²) in [5, 5.41) is 2.92. The highest BCUT2D eigenvalue weighted by molar-refractivity contribution is 5.93. The molecule has 3 aromatic rings. The zero-order valence-electron chi connectivity index (χ0n) is 15.7. The Morgan fingerprint density at radius 1 is 0.857 bits per heavy atom. The largest absolute Gasteiger partial charge is 0.368 e. The molecule has 0 spiro atoms. The fourth-order valence-corrected chi connectivity index (χ4v) is 3.38. The number of amides is 1. The number of piperazine rings is 1. The number of nitrogens with one attached hydrogen (secondary N) is 1. The van der Waals surface area contributed by atoms with Crippen LogP contribution in [0.5, 0.6) is 0 Å². The first-order valence-corrected chi connectivity index (χ1v) is 9.48. The monoisotopic (exact) mass is 373 g/mol. The second-order valence-corrected chi connectivity index (χ2v) is 6.75. The lowest BCUT2D eigenvalue weighted by Gasteiger charge is -2.37. The van der Waals surface area contributed by atoms with Gasteiger partial charge in [0.2, 0.25) is 0 Å². The number of hydrogen-bond donors (Lipinski definition) is 1. The lowest BCUT2D eigenvalue weighted by atomic mass is 10.2. The van der Waals surface area contributed by atoms with Gasteiger partial charge < -0.3 is 15.1 Å². The maximum absolute atomic E-state index is 12.5. The second-order valence-electron chi connectivity index (χ2n) is 6.75. The van der Waals surface area contributed by atoms with Gasteiger partial charge in [0.15, 0.2) is 0 Å². The number of hydrogen-bond acceptors (Lipinski definition) is 5. The highest BCUT2D eigenvalue weighted by Crippen LogP contribution is 2.20. The number of anilines is 2. The van der Waals surface area contributed by atoms with E-state index in [1.165, 1.54) is 5.69 Å². The van der Waals surface area contributed by atoms with E-state index in [2.05, 4.69) is 49.4 Å². The van der Waals surface area contributed by atoms with E-state index in [0.717, 1.165) is 37.4 Å². The first-order chi connectivity index (χ1) is 13.8. The number of nitrogens with zero attached hydrogens (tertiary/aromatic N) is 4. The minimum Gasteiger partial charge on any atom is -0.368 e. The average molecular weight is 373 g/mol. The molecule has 28 heavy (non-hydrogen) atoms. The van der Waals surface area contributed by atoms with Crippen molar-refractivity contribution in [2.45, 2.75) is 6.54 Å². The first kappa shape index (κ1) is 18.0. The molecule has 1 amide bonds. The Labute approximate surface area is 164 Å². The molecule has 0 unspecified atom stereocenters. The highest BCUT2D eigenvalue weighted by Gasteiger charge is 2.18. The molecule has 0 aliphatic carbocycles. The van der Waals surface area contributed by atoms with E-state index < -0.39 is 0 Å². The minimum absolute atomic E-state index is 0.165. The van der Waals surface area contributed by atoms with E-state index in [4.69, 9.17) is 0 Å². The number of aromatic nitrogens is 2. The van der Waals surface area contributed by atoms with Crippen molar-refractivity contribution >= 4 is 17.3 Å². The third kappa shape index (κ3) is 4.28. The lowest BCUT2D eigenvalue weighted by Crippen LogP contribution is -2.46. The zero-order valence-corrected chi connectivity index (χ0v) is 15.7. The summed E-state index contributed by atoms with van der Waals surface area (Å²) in [6.45, 7) is 4.20. The molecule has 142 valence electrons. The van der Waals surface area contributed by atoms with Crippen LogP contribution in [0, 0.1) is 0 Å². The van der Waals surface area contributed by atoms with Crippen LogP contribution < -0.4 is 15.1 Å². The van der Waals surface area contributed by atoms with E-state index in [0.29, 0.717) is 12.2 Å². The summed E-state index contributed by atoms with van der Waals surface area (Å²) in [5.41, 5.74) is 3.75. The predicted molar refractivity (Wildman–Crippen MR) is 111 cm³/mol. The van der Waals surface area contributed by atoms with Crippen LogP contribution in [0.2, 0.25) is 0 Å². The third-order valence-electron chi connectivity index (χ3n) is 4.94.